The third-order valence-corrected chi connectivity index (χ3v) is 5.45. The van der Waals surface area contributed by atoms with Crippen LogP contribution in [0, 0.1) is 0 Å². The fourth-order valence-electron chi connectivity index (χ4n) is 3.45. The van der Waals surface area contributed by atoms with E-state index < -0.39 is 42.0 Å². The molecule has 1 amide bonds. The number of hydrogen-bond acceptors (Lipinski definition) is 10. The Morgan fingerprint density at radius 1 is 0.675 bits per heavy atom. The zero-order chi connectivity index (χ0) is 29.2. The smallest absolute Gasteiger partial charge is 0.349 e. The van der Waals surface area contributed by atoms with E-state index in [1.165, 1.54) is 74.9 Å². The molecule has 0 spiro atoms. The molecule has 3 aromatic carbocycles. The Bertz CT molecular complexity index is 1420. The number of benzene rings is 3. The quantitative estimate of drug-likeness (QED) is 0.266. The Kier molecular flexibility index (Phi) is 9.79. The predicted molar refractivity (Wildman–Crippen MR) is 138 cm³/mol. The molecule has 0 unspecified atom stereocenters. The summed E-state index contributed by atoms with van der Waals surface area (Å²) in [6.07, 6.45) is -4.49. The molecular formula is C28H25NO11. The number of carbonyl (C=O) groups is 5. The van der Waals surface area contributed by atoms with Gasteiger partial charge in [-0.3, -0.25) is 4.79 Å². The monoisotopic (exact) mass is 551 g/mol. The first-order valence-corrected chi connectivity index (χ1v) is 11.6. The van der Waals surface area contributed by atoms with Gasteiger partial charge in [-0.1, -0.05) is 24.3 Å². The second-order valence-corrected chi connectivity index (χ2v) is 7.98. The number of anilines is 1. The van der Waals surface area contributed by atoms with E-state index in [4.69, 9.17) is 23.7 Å². The normalized spacial score (nSPS) is 11.8. The molecule has 0 fully saturated rings. The van der Waals surface area contributed by atoms with Crippen molar-refractivity contribution in [2.45, 2.75) is 12.2 Å². The molecule has 0 radical (unpaired) electrons. The van der Waals surface area contributed by atoms with Crippen LogP contribution in [0.15, 0.2) is 72.8 Å². The van der Waals surface area contributed by atoms with Crippen molar-refractivity contribution in [3.8, 4) is 11.5 Å². The van der Waals surface area contributed by atoms with E-state index in [1.807, 2.05) is 0 Å². The highest BCUT2D eigenvalue weighted by atomic mass is 16.6. The number of para-hydroxylation sites is 1. The van der Waals surface area contributed by atoms with E-state index in [0.29, 0.717) is 11.5 Å². The van der Waals surface area contributed by atoms with Crippen LogP contribution in [0.25, 0.3) is 0 Å². The van der Waals surface area contributed by atoms with Gasteiger partial charge in [-0.15, -0.1) is 0 Å². The lowest BCUT2D eigenvalue weighted by atomic mass is 10.1. The Balaban J connectivity index is 1.98. The molecule has 0 aliphatic heterocycles. The predicted octanol–water partition coefficient (Wildman–Crippen LogP) is 2.96. The number of nitrogens with one attached hydrogen (secondary N) is 1. The van der Waals surface area contributed by atoms with E-state index in [0.717, 1.165) is 7.11 Å². The van der Waals surface area contributed by atoms with Crippen molar-refractivity contribution in [1.29, 1.82) is 0 Å². The van der Waals surface area contributed by atoms with E-state index in [1.54, 1.807) is 12.1 Å². The average molecular weight is 552 g/mol. The van der Waals surface area contributed by atoms with Crippen molar-refractivity contribution >= 4 is 35.5 Å². The fourth-order valence-corrected chi connectivity index (χ4v) is 3.45. The molecule has 0 aliphatic carbocycles. The van der Waals surface area contributed by atoms with Crippen LogP contribution in [0.4, 0.5) is 5.69 Å². The highest BCUT2D eigenvalue weighted by Gasteiger charge is 2.41. The van der Waals surface area contributed by atoms with Crippen LogP contribution in [0.3, 0.4) is 0 Å². The Morgan fingerprint density at radius 3 is 1.70 bits per heavy atom. The molecule has 3 aromatic rings. The van der Waals surface area contributed by atoms with Gasteiger partial charge >= 0.3 is 23.9 Å². The number of methoxy groups -OCH3 is 3. The van der Waals surface area contributed by atoms with Crippen molar-refractivity contribution in [2.24, 2.45) is 0 Å². The minimum absolute atomic E-state index is 0.0588. The van der Waals surface area contributed by atoms with Gasteiger partial charge < -0.3 is 34.1 Å². The van der Waals surface area contributed by atoms with Crippen molar-refractivity contribution < 1.29 is 52.8 Å². The van der Waals surface area contributed by atoms with Gasteiger partial charge in [0.1, 0.15) is 11.5 Å². The van der Waals surface area contributed by atoms with Gasteiger partial charge in [0, 0.05) is 0 Å². The molecule has 0 bridgehead atoms. The van der Waals surface area contributed by atoms with Gasteiger partial charge in [-0.05, 0) is 48.5 Å². The lowest BCUT2D eigenvalue weighted by molar-refractivity contribution is -0.157. The van der Waals surface area contributed by atoms with Crippen LogP contribution >= 0.6 is 0 Å². The molecule has 12 nitrogen and oxygen atoms in total. The van der Waals surface area contributed by atoms with Gasteiger partial charge in [0.15, 0.2) is 0 Å². The molecular weight excluding hydrogens is 526 g/mol. The topological polar surface area (TPSA) is 164 Å². The van der Waals surface area contributed by atoms with Gasteiger partial charge in [0.25, 0.3) is 5.91 Å². The first-order chi connectivity index (χ1) is 19.2. The molecule has 12 heteroatoms. The first kappa shape index (κ1) is 29.2. The van der Waals surface area contributed by atoms with Crippen molar-refractivity contribution in [1.82, 2.24) is 0 Å². The number of rotatable bonds is 11. The Morgan fingerprint density at radius 2 is 1.20 bits per heavy atom. The number of hydrogen-bond donors (Lipinski definition) is 2. The zero-order valence-corrected chi connectivity index (χ0v) is 21.6. The summed E-state index contributed by atoms with van der Waals surface area (Å²) in [5, 5.41) is 12.3. The molecule has 0 aliphatic rings. The zero-order valence-electron chi connectivity index (χ0n) is 21.6. The minimum atomic E-state index is -2.29. The maximum absolute atomic E-state index is 13.4. The standard InChI is InChI=1S/C28H25NO11/c1-36-18-10-6-8-16(14-18)26(33)39-22(24(30)29-21-13-5-4-12-20(21)28(35)38-3)23(25(31)32)40-27(34)17-9-7-11-19(15-17)37-2/h4-15,22-23H,1-3H3,(H,29,30)(H,31,32)/t22-,23+/m0/s1. The van der Waals surface area contributed by atoms with Crippen LogP contribution in [0.2, 0.25) is 0 Å². The number of ether oxygens (including phenoxy) is 5. The SMILES string of the molecule is COC(=O)c1ccccc1NC(=O)[C@@H](OC(=O)c1cccc(OC)c1)[C@@H](OC(=O)c1cccc(OC)c1)C(=O)O. The highest BCUT2D eigenvalue weighted by Crippen LogP contribution is 2.21. The lowest BCUT2D eigenvalue weighted by Crippen LogP contribution is -2.48. The van der Waals surface area contributed by atoms with Crippen LogP contribution in [-0.2, 0) is 23.8 Å². The third kappa shape index (κ3) is 7.13. The van der Waals surface area contributed by atoms with Crippen molar-refractivity contribution in [2.75, 3.05) is 26.6 Å². The van der Waals surface area contributed by atoms with Crippen molar-refractivity contribution in [3.63, 3.8) is 0 Å². The molecule has 0 aromatic heterocycles. The van der Waals surface area contributed by atoms with Gasteiger partial charge in [-0.25, -0.2) is 19.2 Å². The highest BCUT2D eigenvalue weighted by molar-refractivity contribution is 6.05. The number of aliphatic carboxylic acids is 1. The number of amides is 1. The molecule has 0 saturated carbocycles. The summed E-state index contributed by atoms with van der Waals surface area (Å²) in [6.45, 7) is 0. The van der Waals surface area contributed by atoms with Crippen LogP contribution < -0.4 is 14.8 Å². The first-order valence-electron chi connectivity index (χ1n) is 11.6. The summed E-state index contributed by atoms with van der Waals surface area (Å²) in [4.78, 5) is 63.6. The van der Waals surface area contributed by atoms with E-state index in [2.05, 4.69) is 5.32 Å². The van der Waals surface area contributed by atoms with Gasteiger partial charge in [0.2, 0.25) is 12.2 Å². The second kappa shape index (κ2) is 13.4. The number of carboxylic acid groups (broad SMARTS) is 1. The number of esters is 3. The molecule has 40 heavy (non-hydrogen) atoms. The maximum Gasteiger partial charge on any atom is 0.349 e. The molecule has 2 atom stereocenters. The van der Waals surface area contributed by atoms with Crippen LogP contribution in [-0.4, -0.2) is 68.4 Å². The molecule has 3 rings (SSSR count). The number of carboxylic acids is 1. The van der Waals surface area contributed by atoms with Crippen LogP contribution in [0.1, 0.15) is 31.1 Å². The van der Waals surface area contributed by atoms with E-state index in [9.17, 15) is 29.1 Å². The minimum Gasteiger partial charge on any atom is -0.497 e. The number of carbonyl (C=O) groups excluding carboxylic acids is 4. The molecule has 0 saturated heterocycles. The summed E-state index contributed by atoms with van der Waals surface area (Å²) in [6, 6.07) is 17.1. The van der Waals surface area contributed by atoms with Gasteiger partial charge in [-0.2, -0.15) is 0 Å². The Labute approximate surface area is 228 Å². The Hall–Kier alpha value is -5.39. The summed E-state index contributed by atoms with van der Waals surface area (Å²) in [5.74, 6) is -5.42. The molecule has 2 N–H and O–H groups in total. The average Bonchev–Trinajstić information content (AvgIpc) is 2.98. The summed E-state index contributed by atoms with van der Waals surface area (Å²) >= 11 is 0. The molecule has 0 heterocycles. The van der Waals surface area contributed by atoms with E-state index in [-0.39, 0.29) is 22.4 Å². The largest absolute Gasteiger partial charge is 0.497 e. The lowest BCUT2D eigenvalue weighted by Gasteiger charge is -2.24. The van der Waals surface area contributed by atoms with Gasteiger partial charge in [0.05, 0.1) is 43.7 Å². The summed E-state index contributed by atoms with van der Waals surface area (Å²) < 4.78 is 25.3. The fraction of sp³-hybridized carbons (Fsp3) is 0.179. The molecule has 208 valence electrons. The summed E-state index contributed by atoms with van der Waals surface area (Å²) in [7, 11) is 3.88. The van der Waals surface area contributed by atoms with Crippen molar-refractivity contribution in [3.05, 3.63) is 89.5 Å². The maximum atomic E-state index is 13.4. The summed E-state index contributed by atoms with van der Waals surface area (Å²) in [5.41, 5.74) is -0.281. The third-order valence-electron chi connectivity index (χ3n) is 5.45. The van der Waals surface area contributed by atoms with E-state index >= 15 is 0 Å². The van der Waals surface area contributed by atoms with Crippen LogP contribution in [0.5, 0.6) is 11.5 Å². The second-order valence-electron chi connectivity index (χ2n) is 7.98.